The third-order valence-corrected chi connectivity index (χ3v) is 4.54. The first-order valence-electron chi connectivity index (χ1n) is 8.71. The highest BCUT2D eigenvalue weighted by Crippen LogP contribution is 2.25. The highest BCUT2D eigenvalue weighted by atomic mass is 16.5. The number of hydrogen-bond donors (Lipinski definition) is 0. The molecule has 0 bridgehead atoms. The molecule has 0 saturated carbocycles. The third-order valence-electron chi connectivity index (χ3n) is 4.54. The molecule has 26 heavy (non-hydrogen) atoms. The molecule has 1 atom stereocenters. The monoisotopic (exact) mass is 348 g/mol. The van der Waals surface area contributed by atoms with Crippen LogP contribution in [-0.2, 0) is 11.3 Å². The van der Waals surface area contributed by atoms with E-state index in [1.54, 1.807) is 12.0 Å². The fourth-order valence-corrected chi connectivity index (χ4v) is 3.04. The summed E-state index contributed by atoms with van der Waals surface area (Å²) in [4.78, 5) is 14.6. The normalized spacial score (nSPS) is 11.8. The summed E-state index contributed by atoms with van der Waals surface area (Å²) in [6, 6.07) is 21.9. The lowest BCUT2D eigenvalue weighted by Crippen LogP contribution is -2.29. The molecule has 1 heterocycles. The molecule has 0 saturated heterocycles. The van der Waals surface area contributed by atoms with Crippen molar-refractivity contribution in [3.63, 3.8) is 0 Å². The number of carbonyl (C=O) groups excluding carboxylic acids is 1. The molecule has 2 aromatic carbocycles. The first-order chi connectivity index (χ1) is 12.7. The minimum Gasteiger partial charge on any atom is -0.497 e. The number of rotatable bonds is 7. The second-order valence-corrected chi connectivity index (χ2v) is 6.36. The molecule has 1 aromatic heterocycles. The van der Waals surface area contributed by atoms with Gasteiger partial charge in [0.2, 0.25) is 5.91 Å². The lowest BCUT2D eigenvalue weighted by molar-refractivity contribution is -0.131. The van der Waals surface area contributed by atoms with Crippen molar-refractivity contribution < 1.29 is 9.53 Å². The molecule has 134 valence electrons. The second kappa shape index (κ2) is 8.39. The quantitative estimate of drug-likeness (QED) is 0.643. The molecule has 4 heteroatoms. The molecule has 1 amide bonds. The summed E-state index contributed by atoms with van der Waals surface area (Å²) in [5.74, 6) is 0.927. The van der Waals surface area contributed by atoms with Crippen LogP contribution in [0.5, 0.6) is 5.75 Å². The standard InChI is InChI=1S/C22H24N2O2/c1-23(17-18-8-4-3-5-9-18)22(25)16-21(24-14-6-7-15-24)19-10-12-20(26-2)13-11-19/h3-15,21H,16-17H2,1-2H3. The van der Waals surface area contributed by atoms with E-state index in [-0.39, 0.29) is 11.9 Å². The smallest absolute Gasteiger partial charge is 0.225 e. The number of amides is 1. The molecular weight excluding hydrogens is 324 g/mol. The van der Waals surface area contributed by atoms with Crippen molar-refractivity contribution in [2.45, 2.75) is 19.0 Å². The summed E-state index contributed by atoms with van der Waals surface area (Å²) in [5, 5.41) is 0. The van der Waals surface area contributed by atoms with Crippen molar-refractivity contribution in [2.24, 2.45) is 0 Å². The minimum absolute atomic E-state index is 0.0402. The van der Waals surface area contributed by atoms with Crippen molar-refractivity contribution in [3.05, 3.63) is 90.3 Å². The predicted octanol–water partition coefficient (Wildman–Crippen LogP) is 4.13. The molecule has 3 rings (SSSR count). The topological polar surface area (TPSA) is 34.5 Å². The Kier molecular flexibility index (Phi) is 5.74. The van der Waals surface area contributed by atoms with E-state index in [0.29, 0.717) is 13.0 Å². The van der Waals surface area contributed by atoms with E-state index in [9.17, 15) is 4.79 Å². The zero-order valence-corrected chi connectivity index (χ0v) is 15.2. The number of benzene rings is 2. The van der Waals surface area contributed by atoms with Gasteiger partial charge in [0.15, 0.2) is 0 Å². The molecule has 0 aliphatic rings. The molecular formula is C22H24N2O2. The van der Waals surface area contributed by atoms with Crippen molar-refractivity contribution in [3.8, 4) is 5.75 Å². The van der Waals surface area contributed by atoms with Gasteiger partial charge in [-0.05, 0) is 35.4 Å². The molecule has 0 spiro atoms. The highest BCUT2D eigenvalue weighted by molar-refractivity contribution is 5.76. The maximum Gasteiger partial charge on any atom is 0.225 e. The van der Waals surface area contributed by atoms with Crippen LogP contribution in [0.4, 0.5) is 0 Å². The zero-order chi connectivity index (χ0) is 18.4. The fourth-order valence-electron chi connectivity index (χ4n) is 3.04. The third kappa shape index (κ3) is 4.33. The van der Waals surface area contributed by atoms with E-state index >= 15 is 0 Å². The zero-order valence-electron chi connectivity index (χ0n) is 15.2. The fraction of sp³-hybridized carbons (Fsp3) is 0.227. The van der Waals surface area contributed by atoms with E-state index in [2.05, 4.69) is 4.57 Å². The van der Waals surface area contributed by atoms with E-state index < -0.39 is 0 Å². The molecule has 0 aliphatic heterocycles. The van der Waals surface area contributed by atoms with Crippen LogP contribution in [0.3, 0.4) is 0 Å². The van der Waals surface area contributed by atoms with Gasteiger partial charge in [0.05, 0.1) is 19.6 Å². The summed E-state index contributed by atoms with van der Waals surface area (Å²) in [5.41, 5.74) is 2.22. The minimum atomic E-state index is -0.0402. The molecule has 0 radical (unpaired) electrons. The van der Waals surface area contributed by atoms with Crippen LogP contribution in [-0.4, -0.2) is 29.5 Å². The Morgan fingerprint density at radius 1 is 1.00 bits per heavy atom. The number of nitrogens with zero attached hydrogens (tertiary/aromatic N) is 2. The lowest BCUT2D eigenvalue weighted by atomic mass is 10.0. The van der Waals surface area contributed by atoms with Gasteiger partial charge in [-0.3, -0.25) is 4.79 Å². The summed E-state index contributed by atoms with van der Waals surface area (Å²) in [6.07, 6.45) is 4.41. The molecule has 0 fully saturated rings. The summed E-state index contributed by atoms with van der Waals surface area (Å²) in [6.45, 7) is 0.612. The Morgan fingerprint density at radius 2 is 1.65 bits per heavy atom. The molecule has 4 nitrogen and oxygen atoms in total. The Labute approximate surface area is 154 Å². The number of aromatic nitrogens is 1. The highest BCUT2D eigenvalue weighted by Gasteiger charge is 2.20. The largest absolute Gasteiger partial charge is 0.497 e. The Hall–Kier alpha value is -3.01. The van der Waals surface area contributed by atoms with Crippen LogP contribution in [0.25, 0.3) is 0 Å². The maximum absolute atomic E-state index is 12.8. The molecule has 0 N–H and O–H groups in total. The van der Waals surface area contributed by atoms with Gasteiger partial charge in [-0.25, -0.2) is 0 Å². The van der Waals surface area contributed by atoms with Gasteiger partial charge >= 0.3 is 0 Å². The van der Waals surface area contributed by atoms with Crippen LogP contribution >= 0.6 is 0 Å². The molecule has 3 aromatic rings. The van der Waals surface area contributed by atoms with Crippen LogP contribution in [0, 0.1) is 0 Å². The summed E-state index contributed by atoms with van der Waals surface area (Å²) >= 11 is 0. The number of methoxy groups -OCH3 is 1. The van der Waals surface area contributed by atoms with Crippen molar-refractivity contribution in [2.75, 3.05) is 14.2 Å². The van der Waals surface area contributed by atoms with Crippen LogP contribution in [0.2, 0.25) is 0 Å². The van der Waals surface area contributed by atoms with Crippen molar-refractivity contribution in [1.82, 2.24) is 9.47 Å². The first kappa shape index (κ1) is 17.8. The van der Waals surface area contributed by atoms with Gasteiger partial charge in [0.1, 0.15) is 5.75 Å². The Bertz CT molecular complexity index is 811. The summed E-state index contributed by atoms with van der Waals surface area (Å²) < 4.78 is 7.32. The number of ether oxygens (including phenoxy) is 1. The second-order valence-electron chi connectivity index (χ2n) is 6.36. The number of carbonyl (C=O) groups is 1. The SMILES string of the molecule is COc1ccc(C(CC(=O)N(C)Cc2ccccc2)n2cccc2)cc1. The summed E-state index contributed by atoms with van der Waals surface area (Å²) in [7, 11) is 3.51. The van der Waals surface area contributed by atoms with E-state index in [4.69, 9.17) is 4.74 Å². The van der Waals surface area contributed by atoms with Gasteiger partial charge in [0.25, 0.3) is 0 Å². The lowest BCUT2D eigenvalue weighted by Gasteiger charge is -2.23. The van der Waals surface area contributed by atoms with E-state index in [1.165, 1.54) is 0 Å². The molecule has 0 aliphatic carbocycles. The van der Waals surface area contributed by atoms with Gasteiger partial charge in [-0.2, -0.15) is 0 Å². The van der Waals surface area contributed by atoms with Gasteiger partial charge < -0.3 is 14.2 Å². The average Bonchev–Trinajstić information content (AvgIpc) is 3.21. The predicted molar refractivity (Wildman–Crippen MR) is 103 cm³/mol. The van der Waals surface area contributed by atoms with Crippen LogP contribution in [0.1, 0.15) is 23.6 Å². The van der Waals surface area contributed by atoms with E-state index in [0.717, 1.165) is 16.9 Å². The van der Waals surface area contributed by atoms with Gasteiger partial charge in [-0.1, -0.05) is 42.5 Å². The van der Waals surface area contributed by atoms with Gasteiger partial charge in [-0.15, -0.1) is 0 Å². The number of hydrogen-bond acceptors (Lipinski definition) is 2. The van der Waals surface area contributed by atoms with Gasteiger partial charge in [0, 0.05) is 26.0 Å². The van der Waals surface area contributed by atoms with Crippen molar-refractivity contribution >= 4 is 5.91 Å². The Morgan fingerprint density at radius 3 is 2.27 bits per heavy atom. The van der Waals surface area contributed by atoms with Crippen molar-refractivity contribution in [1.29, 1.82) is 0 Å². The first-order valence-corrected chi connectivity index (χ1v) is 8.71. The van der Waals surface area contributed by atoms with E-state index in [1.807, 2.05) is 86.2 Å². The maximum atomic E-state index is 12.8. The van der Waals surface area contributed by atoms with Crippen LogP contribution < -0.4 is 4.74 Å². The van der Waals surface area contributed by atoms with Crippen LogP contribution in [0.15, 0.2) is 79.1 Å². The average molecular weight is 348 g/mol. The molecule has 1 unspecified atom stereocenters. The Balaban J connectivity index is 1.76.